The van der Waals surface area contributed by atoms with Crippen LogP contribution in [0, 0.1) is 13.8 Å². The molecule has 0 aliphatic rings. The summed E-state index contributed by atoms with van der Waals surface area (Å²) in [6.45, 7) is 7.45. The van der Waals surface area contributed by atoms with Gasteiger partial charge in [0.1, 0.15) is 5.01 Å². The van der Waals surface area contributed by atoms with Gasteiger partial charge in [0.2, 0.25) is 0 Å². The average molecular weight is 511 g/mol. The van der Waals surface area contributed by atoms with Gasteiger partial charge in [-0.05, 0) is 38.0 Å². The van der Waals surface area contributed by atoms with Crippen LogP contribution in [-0.2, 0) is 19.5 Å². The first kappa shape index (κ1) is 22.3. The normalized spacial score (nSPS) is 11.2. The Labute approximate surface area is 186 Å². The summed E-state index contributed by atoms with van der Waals surface area (Å²) in [7, 11) is 1.76. The van der Waals surface area contributed by atoms with Crippen LogP contribution in [0.1, 0.15) is 33.8 Å². The molecule has 0 saturated heterocycles. The molecule has 9 heteroatoms. The van der Waals surface area contributed by atoms with Gasteiger partial charge >= 0.3 is 0 Å². The molecule has 0 saturated carbocycles. The second-order valence-corrected chi connectivity index (χ2v) is 7.42. The van der Waals surface area contributed by atoms with Crippen molar-refractivity contribution in [2.75, 3.05) is 7.05 Å². The molecule has 3 rings (SSSR count). The Morgan fingerprint density at radius 3 is 2.50 bits per heavy atom. The lowest BCUT2D eigenvalue weighted by Gasteiger charge is -2.11. The Balaban J connectivity index is 0.00000280. The number of nitrogens with one attached hydrogen (secondary N) is 2. The summed E-state index contributed by atoms with van der Waals surface area (Å²) in [5.41, 5.74) is 3.14. The van der Waals surface area contributed by atoms with Gasteiger partial charge in [-0.25, -0.2) is 14.6 Å². The fourth-order valence-corrected chi connectivity index (χ4v) is 3.47. The lowest BCUT2D eigenvalue weighted by Crippen LogP contribution is -2.36. The molecular weight excluding hydrogens is 485 g/mol. The second-order valence-electron chi connectivity index (χ2n) is 6.22. The Morgan fingerprint density at radius 1 is 1.14 bits per heavy atom. The average Bonchev–Trinajstić information content (AvgIpc) is 3.28. The highest BCUT2D eigenvalue weighted by Gasteiger charge is 2.06. The summed E-state index contributed by atoms with van der Waals surface area (Å²) in [5.74, 6) is 1.56. The molecule has 0 bridgehead atoms. The van der Waals surface area contributed by atoms with Crippen molar-refractivity contribution in [1.82, 2.24) is 30.4 Å². The van der Waals surface area contributed by atoms with Gasteiger partial charge in [-0.2, -0.15) is 5.10 Å². The van der Waals surface area contributed by atoms with Crippen LogP contribution in [0.3, 0.4) is 0 Å². The van der Waals surface area contributed by atoms with Crippen LogP contribution >= 0.6 is 35.3 Å². The van der Waals surface area contributed by atoms with E-state index in [0.717, 1.165) is 40.2 Å². The highest BCUT2D eigenvalue weighted by atomic mass is 127. The number of hydrogen-bond donors (Lipinski definition) is 2. The zero-order chi connectivity index (χ0) is 19.2. The molecule has 0 radical (unpaired) electrons. The first-order valence-corrected chi connectivity index (χ1v) is 9.77. The van der Waals surface area contributed by atoms with Gasteiger partial charge in [0.05, 0.1) is 12.2 Å². The molecule has 0 unspecified atom stereocenters. The Hall–Kier alpha value is -2.01. The van der Waals surface area contributed by atoms with Crippen molar-refractivity contribution in [2.45, 2.75) is 40.3 Å². The molecular formula is C19H26IN7S. The second kappa shape index (κ2) is 10.5. The van der Waals surface area contributed by atoms with Crippen molar-refractivity contribution in [1.29, 1.82) is 0 Å². The number of thiazole rings is 1. The molecule has 28 heavy (non-hydrogen) atoms. The maximum atomic E-state index is 4.52. The number of guanidine groups is 1. The van der Waals surface area contributed by atoms with E-state index >= 15 is 0 Å². The minimum Gasteiger partial charge on any atom is -0.352 e. The fraction of sp³-hybridized carbons (Fsp3) is 0.368. The van der Waals surface area contributed by atoms with Crippen LogP contribution in [0.5, 0.6) is 0 Å². The predicted octanol–water partition coefficient (Wildman–Crippen LogP) is 3.39. The van der Waals surface area contributed by atoms with Crippen LogP contribution in [0.15, 0.2) is 35.6 Å². The van der Waals surface area contributed by atoms with Crippen molar-refractivity contribution in [2.24, 2.45) is 4.99 Å². The van der Waals surface area contributed by atoms with Crippen molar-refractivity contribution in [3.63, 3.8) is 0 Å². The summed E-state index contributed by atoms with van der Waals surface area (Å²) in [5, 5.41) is 12.1. The number of pyridine rings is 1. The third kappa shape index (κ3) is 5.74. The van der Waals surface area contributed by atoms with Crippen LogP contribution in [0.4, 0.5) is 0 Å². The number of rotatable bonds is 6. The molecule has 0 aromatic carbocycles. The largest absolute Gasteiger partial charge is 0.352 e. The van der Waals surface area contributed by atoms with E-state index in [2.05, 4.69) is 37.6 Å². The number of halogens is 1. The molecule has 2 N–H and O–H groups in total. The van der Waals surface area contributed by atoms with Crippen LogP contribution < -0.4 is 10.6 Å². The van der Waals surface area contributed by atoms with E-state index in [-0.39, 0.29) is 24.0 Å². The third-order valence-electron chi connectivity index (χ3n) is 4.08. The Morgan fingerprint density at radius 2 is 1.93 bits per heavy atom. The lowest BCUT2D eigenvalue weighted by molar-refractivity contribution is 0.788. The standard InChI is InChI=1S/C19H25N7S.HI/c1-5-16-11-22-18(27-16)12-24-19(20-4)23-10-15-6-7-17(21-9-15)26-14(3)8-13(2)25-26;/h6-9,11H,5,10,12H2,1-4H3,(H2,20,23,24);1H. The zero-order valence-electron chi connectivity index (χ0n) is 16.6. The first-order chi connectivity index (χ1) is 13.1. The van der Waals surface area contributed by atoms with Crippen LogP contribution in [-0.4, -0.2) is 32.8 Å². The quantitative estimate of drug-likeness (QED) is 0.302. The number of hydrogen-bond acceptors (Lipinski definition) is 5. The van der Waals surface area contributed by atoms with Gasteiger partial charge in [0.25, 0.3) is 0 Å². The molecule has 0 aliphatic carbocycles. The molecule has 0 spiro atoms. The molecule has 150 valence electrons. The van der Waals surface area contributed by atoms with Crippen molar-refractivity contribution >= 4 is 41.3 Å². The number of aryl methyl sites for hydroxylation is 3. The SMILES string of the molecule is CCc1cnc(CNC(=NC)NCc2ccc(-n3nc(C)cc3C)nc2)s1.I. The van der Waals surface area contributed by atoms with Crippen molar-refractivity contribution in [3.8, 4) is 5.82 Å². The van der Waals surface area contributed by atoms with Crippen LogP contribution in [0.25, 0.3) is 5.82 Å². The van der Waals surface area contributed by atoms with E-state index in [4.69, 9.17) is 0 Å². The van der Waals surface area contributed by atoms with Gasteiger partial charge in [0, 0.05) is 36.6 Å². The fourth-order valence-electron chi connectivity index (χ4n) is 2.67. The summed E-state index contributed by atoms with van der Waals surface area (Å²) in [6.07, 6.45) is 4.82. The topological polar surface area (TPSA) is 80.0 Å². The maximum Gasteiger partial charge on any atom is 0.191 e. The van der Waals surface area contributed by atoms with E-state index in [9.17, 15) is 0 Å². The van der Waals surface area contributed by atoms with E-state index in [1.807, 2.05) is 49.1 Å². The third-order valence-corrected chi connectivity index (χ3v) is 5.22. The summed E-state index contributed by atoms with van der Waals surface area (Å²) in [6, 6.07) is 6.07. The summed E-state index contributed by atoms with van der Waals surface area (Å²) >= 11 is 1.73. The summed E-state index contributed by atoms with van der Waals surface area (Å²) < 4.78 is 1.85. The van der Waals surface area contributed by atoms with Crippen LogP contribution in [0.2, 0.25) is 0 Å². The predicted molar refractivity (Wildman–Crippen MR) is 125 cm³/mol. The highest BCUT2D eigenvalue weighted by molar-refractivity contribution is 14.0. The molecule has 7 nitrogen and oxygen atoms in total. The van der Waals surface area contributed by atoms with Gasteiger partial charge in [-0.3, -0.25) is 4.99 Å². The molecule has 3 aromatic rings. The van der Waals surface area contributed by atoms with Gasteiger partial charge in [-0.15, -0.1) is 35.3 Å². The Bertz CT molecular complexity index is 915. The minimum absolute atomic E-state index is 0. The lowest BCUT2D eigenvalue weighted by atomic mass is 10.3. The molecule has 0 aliphatic heterocycles. The first-order valence-electron chi connectivity index (χ1n) is 8.95. The Kier molecular flexibility index (Phi) is 8.36. The number of nitrogens with zero attached hydrogens (tertiary/aromatic N) is 5. The van der Waals surface area contributed by atoms with Gasteiger partial charge in [-0.1, -0.05) is 13.0 Å². The number of aromatic nitrogens is 4. The van der Waals surface area contributed by atoms with E-state index in [0.29, 0.717) is 13.1 Å². The van der Waals surface area contributed by atoms with Gasteiger partial charge in [0.15, 0.2) is 11.8 Å². The molecule has 3 aromatic heterocycles. The summed E-state index contributed by atoms with van der Waals surface area (Å²) in [4.78, 5) is 14.5. The molecule has 0 amide bonds. The van der Waals surface area contributed by atoms with E-state index < -0.39 is 0 Å². The maximum absolute atomic E-state index is 4.52. The zero-order valence-corrected chi connectivity index (χ0v) is 19.7. The number of aliphatic imine (C=N–C) groups is 1. The smallest absolute Gasteiger partial charge is 0.191 e. The van der Waals surface area contributed by atoms with Gasteiger partial charge < -0.3 is 10.6 Å². The molecule has 0 atom stereocenters. The molecule has 0 fully saturated rings. The minimum atomic E-state index is 0. The van der Waals surface area contributed by atoms with E-state index in [1.54, 1.807) is 18.4 Å². The molecule has 3 heterocycles. The van der Waals surface area contributed by atoms with E-state index in [1.165, 1.54) is 4.88 Å². The highest BCUT2D eigenvalue weighted by Crippen LogP contribution is 2.13. The monoisotopic (exact) mass is 511 g/mol. The van der Waals surface area contributed by atoms with Crippen molar-refractivity contribution < 1.29 is 0 Å². The van der Waals surface area contributed by atoms with Crippen molar-refractivity contribution in [3.05, 3.63) is 57.4 Å².